The van der Waals surface area contributed by atoms with E-state index in [1.54, 1.807) is 12.3 Å². The molecule has 1 aromatic heterocycles. The third-order valence-electron chi connectivity index (χ3n) is 5.25. The van der Waals surface area contributed by atoms with Crippen molar-refractivity contribution in [3.05, 3.63) is 34.2 Å². The molecule has 2 aliphatic rings. The van der Waals surface area contributed by atoms with Crippen molar-refractivity contribution < 1.29 is 4.79 Å². The Bertz CT molecular complexity index is 572. The van der Waals surface area contributed by atoms with E-state index in [4.69, 9.17) is 0 Å². The number of aromatic amines is 1. The molecule has 22 heavy (non-hydrogen) atoms. The molecular formula is C18H26N2O2. The Kier molecular flexibility index (Phi) is 4.65. The number of pyridine rings is 1. The maximum Gasteiger partial charge on any atom is 0.248 e. The Hall–Kier alpha value is -1.58. The van der Waals surface area contributed by atoms with E-state index < -0.39 is 0 Å². The lowest BCUT2D eigenvalue weighted by Gasteiger charge is -2.32. The molecule has 3 rings (SSSR count). The van der Waals surface area contributed by atoms with Gasteiger partial charge in [-0.1, -0.05) is 19.8 Å². The molecule has 120 valence electrons. The van der Waals surface area contributed by atoms with E-state index in [2.05, 4.69) is 16.8 Å². The number of carbonyl (C=O) groups is 1. The molecule has 0 aromatic carbocycles. The number of piperidine rings is 1. The lowest BCUT2D eigenvalue weighted by Crippen LogP contribution is -2.39. The quantitative estimate of drug-likeness (QED) is 0.909. The lowest BCUT2D eigenvalue weighted by molar-refractivity contribution is -0.134. The van der Waals surface area contributed by atoms with Gasteiger partial charge in [0.2, 0.25) is 11.5 Å². The summed E-state index contributed by atoms with van der Waals surface area (Å²) >= 11 is 0. The van der Waals surface area contributed by atoms with Crippen LogP contribution in [0.15, 0.2) is 23.1 Å². The number of amides is 1. The average Bonchev–Trinajstić information content (AvgIpc) is 3.32. The molecule has 0 bridgehead atoms. The van der Waals surface area contributed by atoms with Crippen molar-refractivity contribution in [1.29, 1.82) is 0 Å². The van der Waals surface area contributed by atoms with Crippen LogP contribution in [0.5, 0.6) is 0 Å². The summed E-state index contributed by atoms with van der Waals surface area (Å²) < 4.78 is 0. The summed E-state index contributed by atoms with van der Waals surface area (Å²) in [5.74, 6) is 1.76. The van der Waals surface area contributed by atoms with Crippen LogP contribution in [-0.4, -0.2) is 28.9 Å². The van der Waals surface area contributed by atoms with Gasteiger partial charge in [0.05, 0.1) is 0 Å². The van der Waals surface area contributed by atoms with Gasteiger partial charge in [-0.2, -0.15) is 0 Å². The molecule has 1 saturated heterocycles. The standard InChI is InChI=1S/C18H26N2O2/c1-2-3-4-15-11-16(15)18(22)20-9-6-13(7-10-20)14-5-8-19-17(21)12-14/h5,8,12-13,15-16H,2-4,6-7,9-11H2,1H3,(H,19,21)/t15-,16+/m1/s1. The summed E-state index contributed by atoms with van der Waals surface area (Å²) in [5, 5.41) is 0. The summed E-state index contributed by atoms with van der Waals surface area (Å²) in [6.45, 7) is 3.89. The number of H-pyrrole nitrogens is 1. The lowest BCUT2D eigenvalue weighted by atomic mass is 9.90. The highest BCUT2D eigenvalue weighted by Crippen LogP contribution is 2.44. The highest BCUT2D eigenvalue weighted by molar-refractivity contribution is 5.81. The predicted molar refractivity (Wildman–Crippen MR) is 86.7 cm³/mol. The first kappa shape index (κ1) is 15.3. The monoisotopic (exact) mass is 302 g/mol. The van der Waals surface area contributed by atoms with Crippen LogP contribution in [0.2, 0.25) is 0 Å². The number of rotatable bonds is 5. The average molecular weight is 302 g/mol. The second-order valence-corrected chi connectivity index (χ2v) is 6.83. The first-order valence-electron chi connectivity index (χ1n) is 8.66. The summed E-state index contributed by atoms with van der Waals surface area (Å²) in [4.78, 5) is 28.6. The minimum Gasteiger partial charge on any atom is -0.342 e. The van der Waals surface area contributed by atoms with Crippen molar-refractivity contribution in [1.82, 2.24) is 9.88 Å². The third-order valence-corrected chi connectivity index (χ3v) is 5.25. The van der Waals surface area contributed by atoms with Gasteiger partial charge in [-0.25, -0.2) is 0 Å². The van der Waals surface area contributed by atoms with Crippen LogP contribution in [0, 0.1) is 11.8 Å². The van der Waals surface area contributed by atoms with Crippen molar-refractivity contribution >= 4 is 5.91 Å². The molecule has 1 N–H and O–H groups in total. The predicted octanol–water partition coefficient (Wildman–Crippen LogP) is 2.91. The normalized spacial score (nSPS) is 25.2. The van der Waals surface area contributed by atoms with Gasteiger partial charge in [-0.05, 0) is 49.1 Å². The number of carbonyl (C=O) groups excluding carboxylic acids is 1. The fourth-order valence-electron chi connectivity index (χ4n) is 3.72. The van der Waals surface area contributed by atoms with E-state index in [1.165, 1.54) is 19.3 Å². The van der Waals surface area contributed by atoms with Crippen molar-refractivity contribution in [3.63, 3.8) is 0 Å². The summed E-state index contributed by atoms with van der Waals surface area (Å²) in [5.41, 5.74) is 1.08. The smallest absolute Gasteiger partial charge is 0.248 e. The van der Waals surface area contributed by atoms with E-state index >= 15 is 0 Å². The van der Waals surface area contributed by atoms with E-state index in [0.717, 1.165) is 37.9 Å². The SMILES string of the molecule is CCCC[C@@H]1C[C@@H]1C(=O)N1CCC(c2cc[nH]c(=O)c2)CC1. The number of nitrogens with zero attached hydrogens (tertiary/aromatic N) is 1. The Morgan fingerprint density at radius 3 is 2.82 bits per heavy atom. The maximum atomic E-state index is 12.5. The van der Waals surface area contributed by atoms with Crippen LogP contribution in [-0.2, 0) is 4.79 Å². The molecule has 1 saturated carbocycles. The number of hydrogen-bond acceptors (Lipinski definition) is 2. The molecule has 4 nitrogen and oxygen atoms in total. The van der Waals surface area contributed by atoms with E-state index in [1.807, 2.05) is 6.07 Å². The van der Waals surface area contributed by atoms with Crippen molar-refractivity contribution in [2.75, 3.05) is 13.1 Å². The van der Waals surface area contributed by atoms with Gasteiger partial charge in [0.25, 0.3) is 0 Å². The Morgan fingerprint density at radius 1 is 1.36 bits per heavy atom. The minimum atomic E-state index is -0.0345. The number of nitrogens with one attached hydrogen (secondary N) is 1. The van der Waals surface area contributed by atoms with Gasteiger partial charge in [0.15, 0.2) is 0 Å². The van der Waals surface area contributed by atoms with Crippen LogP contribution in [0.1, 0.15) is 56.9 Å². The second kappa shape index (κ2) is 6.67. The highest BCUT2D eigenvalue weighted by Gasteiger charge is 2.44. The molecule has 2 fully saturated rings. The Balaban J connectivity index is 1.50. The molecule has 2 atom stereocenters. The van der Waals surface area contributed by atoms with Gasteiger partial charge < -0.3 is 9.88 Å². The van der Waals surface area contributed by atoms with E-state index in [-0.39, 0.29) is 5.56 Å². The first-order valence-corrected chi connectivity index (χ1v) is 8.66. The minimum absolute atomic E-state index is 0.0345. The molecule has 1 amide bonds. The van der Waals surface area contributed by atoms with Crippen LogP contribution in [0.3, 0.4) is 0 Å². The fraction of sp³-hybridized carbons (Fsp3) is 0.667. The molecule has 0 unspecified atom stereocenters. The molecule has 0 radical (unpaired) electrons. The third kappa shape index (κ3) is 3.42. The summed E-state index contributed by atoms with van der Waals surface area (Å²) in [6.07, 6.45) is 8.46. The van der Waals surface area contributed by atoms with Gasteiger partial charge in [-0.15, -0.1) is 0 Å². The van der Waals surface area contributed by atoms with Gasteiger partial charge in [-0.3, -0.25) is 9.59 Å². The summed E-state index contributed by atoms with van der Waals surface area (Å²) in [6, 6.07) is 3.69. The van der Waals surface area contributed by atoms with E-state index in [0.29, 0.717) is 23.7 Å². The zero-order valence-corrected chi connectivity index (χ0v) is 13.4. The van der Waals surface area contributed by atoms with Gasteiger partial charge >= 0.3 is 0 Å². The number of likely N-dealkylation sites (tertiary alicyclic amines) is 1. The number of hydrogen-bond donors (Lipinski definition) is 1. The molecule has 1 aliphatic carbocycles. The summed E-state index contributed by atoms with van der Waals surface area (Å²) in [7, 11) is 0. The van der Waals surface area contributed by atoms with Crippen LogP contribution < -0.4 is 5.56 Å². The highest BCUT2D eigenvalue weighted by atomic mass is 16.2. The molecule has 2 heterocycles. The molecular weight excluding hydrogens is 276 g/mol. The second-order valence-electron chi connectivity index (χ2n) is 6.83. The molecule has 0 spiro atoms. The largest absolute Gasteiger partial charge is 0.342 e. The molecule has 4 heteroatoms. The Morgan fingerprint density at radius 2 is 2.14 bits per heavy atom. The van der Waals surface area contributed by atoms with E-state index in [9.17, 15) is 9.59 Å². The van der Waals surface area contributed by atoms with Crippen molar-refractivity contribution in [2.24, 2.45) is 11.8 Å². The van der Waals surface area contributed by atoms with Gasteiger partial charge in [0.1, 0.15) is 0 Å². The van der Waals surface area contributed by atoms with Crippen molar-refractivity contribution in [2.45, 2.75) is 51.4 Å². The van der Waals surface area contributed by atoms with Crippen LogP contribution in [0.25, 0.3) is 0 Å². The molecule has 1 aromatic rings. The maximum absolute atomic E-state index is 12.5. The van der Waals surface area contributed by atoms with Crippen LogP contribution >= 0.6 is 0 Å². The number of unbranched alkanes of at least 4 members (excludes halogenated alkanes) is 1. The van der Waals surface area contributed by atoms with Gasteiger partial charge in [0, 0.05) is 31.3 Å². The number of aromatic nitrogens is 1. The van der Waals surface area contributed by atoms with Crippen molar-refractivity contribution in [3.8, 4) is 0 Å². The molecule has 1 aliphatic heterocycles. The zero-order valence-electron chi connectivity index (χ0n) is 13.4. The Labute approximate surface area is 131 Å². The topological polar surface area (TPSA) is 53.2 Å². The zero-order chi connectivity index (χ0) is 15.5. The fourth-order valence-corrected chi connectivity index (χ4v) is 3.72. The first-order chi connectivity index (χ1) is 10.7. The van der Waals surface area contributed by atoms with Crippen LogP contribution in [0.4, 0.5) is 0 Å².